The molecule has 0 saturated carbocycles. The molecule has 0 bridgehead atoms. The molecular formula is C21H33Cl3. The van der Waals surface area contributed by atoms with Gasteiger partial charge in [0.15, 0.2) is 3.79 Å². The van der Waals surface area contributed by atoms with E-state index in [4.69, 9.17) is 34.8 Å². The Kier molecular flexibility index (Phi) is 10.1. The third-order valence-corrected chi connectivity index (χ3v) is 6.69. The van der Waals surface area contributed by atoms with Crippen LogP contribution < -0.4 is 0 Å². The monoisotopic (exact) mass is 390 g/mol. The number of halogens is 3. The summed E-state index contributed by atoms with van der Waals surface area (Å²) in [5.74, 6) is 0.362. The second-order valence-corrected chi connectivity index (χ2v) is 9.67. The second-order valence-electron chi connectivity index (χ2n) is 7.39. The minimum atomic E-state index is -1.26. The van der Waals surface area contributed by atoms with Gasteiger partial charge in [0, 0.05) is 5.41 Å². The first-order valence-electron chi connectivity index (χ1n) is 9.42. The summed E-state index contributed by atoms with van der Waals surface area (Å²) in [4.78, 5) is 0. The molecule has 0 aliphatic rings. The number of benzene rings is 1. The maximum absolute atomic E-state index is 6.41. The van der Waals surface area contributed by atoms with Crippen LogP contribution in [-0.4, -0.2) is 3.79 Å². The van der Waals surface area contributed by atoms with E-state index < -0.39 is 3.79 Å². The fraction of sp³-hybridized carbons (Fsp3) is 0.714. The first kappa shape index (κ1) is 22.1. The summed E-state index contributed by atoms with van der Waals surface area (Å²) in [5.41, 5.74) is 0.874. The second kappa shape index (κ2) is 10.9. The topological polar surface area (TPSA) is 0 Å². The fourth-order valence-corrected chi connectivity index (χ4v) is 4.06. The molecule has 0 fully saturated rings. The van der Waals surface area contributed by atoms with Gasteiger partial charge in [0.25, 0.3) is 0 Å². The summed E-state index contributed by atoms with van der Waals surface area (Å²) < 4.78 is -1.26. The predicted molar refractivity (Wildman–Crippen MR) is 110 cm³/mol. The van der Waals surface area contributed by atoms with Crippen molar-refractivity contribution in [2.45, 2.75) is 82.4 Å². The van der Waals surface area contributed by atoms with Gasteiger partial charge < -0.3 is 0 Å². The Morgan fingerprint density at radius 1 is 0.875 bits per heavy atom. The summed E-state index contributed by atoms with van der Waals surface area (Å²) in [7, 11) is 0. The molecule has 1 aromatic rings. The van der Waals surface area contributed by atoms with Gasteiger partial charge in [-0.15, -0.1) is 0 Å². The van der Waals surface area contributed by atoms with Gasteiger partial charge in [0.2, 0.25) is 0 Å². The molecule has 0 aromatic heterocycles. The maximum atomic E-state index is 6.41. The highest BCUT2D eigenvalue weighted by Gasteiger charge is 2.47. The molecule has 0 saturated heterocycles. The van der Waals surface area contributed by atoms with Crippen LogP contribution in [0.2, 0.25) is 0 Å². The first-order valence-corrected chi connectivity index (χ1v) is 10.6. The van der Waals surface area contributed by atoms with E-state index in [1.807, 2.05) is 6.07 Å². The van der Waals surface area contributed by atoms with Gasteiger partial charge >= 0.3 is 0 Å². The molecule has 1 aromatic carbocycles. The minimum absolute atomic E-state index is 0.360. The van der Waals surface area contributed by atoms with Gasteiger partial charge in [0.05, 0.1) is 0 Å². The Morgan fingerprint density at radius 3 is 1.96 bits per heavy atom. The lowest BCUT2D eigenvalue weighted by Crippen LogP contribution is -2.40. The van der Waals surface area contributed by atoms with E-state index in [1.165, 1.54) is 50.5 Å². The van der Waals surface area contributed by atoms with E-state index in [9.17, 15) is 0 Å². The van der Waals surface area contributed by atoms with Crippen LogP contribution in [0.4, 0.5) is 0 Å². The number of alkyl halides is 3. The zero-order valence-electron chi connectivity index (χ0n) is 15.5. The van der Waals surface area contributed by atoms with E-state index >= 15 is 0 Å². The summed E-state index contributed by atoms with van der Waals surface area (Å²) in [6.07, 6.45) is 11.1. The minimum Gasteiger partial charge on any atom is -0.0830 e. The van der Waals surface area contributed by atoms with Gasteiger partial charge in [-0.2, -0.15) is 0 Å². The van der Waals surface area contributed by atoms with E-state index in [0.717, 1.165) is 12.8 Å². The molecule has 2 unspecified atom stereocenters. The first-order chi connectivity index (χ1) is 11.3. The van der Waals surface area contributed by atoms with Crippen LogP contribution in [0, 0.1) is 11.3 Å². The van der Waals surface area contributed by atoms with Crippen molar-refractivity contribution < 1.29 is 0 Å². The average Bonchev–Trinajstić information content (AvgIpc) is 2.53. The Labute approximate surface area is 164 Å². The Balaban J connectivity index is 2.55. The highest BCUT2D eigenvalue weighted by molar-refractivity contribution is 6.68. The lowest BCUT2D eigenvalue weighted by molar-refractivity contribution is 0.188. The van der Waals surface area contributed by atoms with Crippen LogP contribution in [0.25, 0.3) is 0 Å². The summed E-state index contributed by atoms with van der Waals surface area (Å²) >= 11 is 19.2. The van der Waals surface area contributed by atoms with Crippen LogP contribution in [0.1, 0.15) is 77.7 Å². The smallest absolute Gasteiger partial charge is 0.0830 e. The molecule has 2 atom stereocenters. The van der Waals surface area contributed by atoms with Crippen molar-refractivity contribution in [3.8, 4) is 0 Å². The quantitative estimate of drug-likeness (QED) is 0.262. The largest absolute Gasteiger partial charge is 0.196 e. The molecule has 0 aliphatic heterocycles. The number of rotatable bonds is 11. The van der Waals surface area contributed by atoms with Gasteiger partial charge in [-0.05, 0) is 17.9 Å². The van der Waals surface area contributed by atoms with Crippen molar-refractivity contribution in [1.29, 1.82) is 0 Å². The molecular weight excluding hydrogens is 359 g/mol. The number of hydrogen-bond donors (Lipinski definition) is 0. The standard InChI is InChI=1S/C21H33Cl3/c1-4-5-6-7-8-9-11-14-18(2)20(3,21(22,23)24)17-19-15-12-10-13-16-19/h10,12-13,15-16,18H,4-9,11,14,17H2,1-3H3. The highest BCUT2D eigenvalue weighted by Crippen LogP contribution is 2.52. The van der Waals surface area contributed by atoms with Crippen molar-refractivity contribution in [2.75, 3.05) is 0 Å². The third-order valence-electron chi connectivity index (χ3n) is 5.39. The Hall–Kier alpha value is 0.0900. The SMILES string of the molecule is CCCCCCCCCC(C)C(C)(Cc1ccccc1)C(Cl)(Cl)Cl. The summed E-state index contributed by atoms with van der Waals surface area (Å²) in [6.45, 7) is 6.62. The molecule has 0 spiro atoms. The number of hydrogen-bond acceptors (Lipinski definition) is 0. The molecule has 3 heteroatoms. The normalized spacial score (nSPS) is 15.9. The lowest BCUT2D eigenvalue weighted by atomic mass is 9.72. The molecule has 0 heterocycles. The fourth-order valence-electron chi connectivity index (χ4n) is 3.30. The van der Waals surface area contributed by atoms with Crippen LogP contribution in [0.15, 0.2) is 30.3 Å². The van der Waals surface area contributed by atoms with E-state index in [1.54, 1.807) is 0 Å². The zero-order chi connectivity index (χ0) is 18.1. The van der Waals surface area contributed by atoms with Crippen LogP contribution >= 0.6 is 34.8 Å². The molecule has 138 valence electrons. The van der Waals surface area contributed by atoms with Crippen molar-refractivity contribution in [3.63, 3.8) is 0 Å². The maximum Gasteiger partial charge on any atom is 0.196 e. The van der Waals surface area contributed by atoms with Crippen molar-refractivity contribution in [3.05, 3.63) is 35.9 Å². The van der Waals surface area contributed by atoms with Gasteiger partial charge in [-0.3, -0.25) is 0 Å². The molecule has 0 amide bonds. The molecule has 0 nitrogen and oxygen atoms in total. The van der Waals surface area contributed by atoms with Crippen molar-refractivity contribution in [2.24, 2.45) is 11.3 Å². The van der Waals surface area contributed by atoms with Crippen LogP contribution in [0.5, 0.6) is 0 Å². The molecule has 0 radical (unpaired) electrons. The molecule has 1 rings (SSSR count). The Morgan fingerprint density at radius 2 is 1.42 bits per heavy atom. The third kappa shape index (κ3) is 7.14. The van der Waals surface area contributed by atoms with Crippen molar-refractivity contribution in [1.82, 2.24) is 0 Å². The van der Waals surface area contributed by atoms with E-state index in [-0.39, 0.29) is 5.41 Å². The summed E-state index contributed by atoms with van der Waals surface area (Å²) in [6, 6.07) is 10.4. The van der Waals surface area contributed by atoms with Crippen LogP contribution in [-0.2, 0) is 6.42 Å². The molecule has 24 heavy (non-hydrogen) atoms. The Bertz CT molecular complexity index is 438. The van der Waals surface area contributed by atoms with Gasteiger partial charge in [-0.25, -0.2) is 0 Å². The number of unbranched alkanes of at least 4 members (excludes halogenated alkanes) is 6. The summed E-state index contributed by atoms with van der Waals surface area (Å²) in [5, 5.41) is 0. The van der Waals surface area contributed by atoms with E-state index in [0.29, 0.717) is 5.92 Å². The van der Waals surface area contributed by atoms with Crippen molar-refractivity contribution >= 4 is 34.8 Å². The van der Waals surface area contributed by atoms with Gasteiger partial charge in [-0.1, -0.05) is 137 Å². The van der Waals surface area contributed by atoms with Crippen LogP contribution in [0.3, 0.4) is 0 Å². The average molecular weight is 392 g/mol. The highest BCUT2D eigenvalue weighted by atomic mass is 35.6. The lowest BCUT2D eigenvalue weighted by Gasteiger charge is -2.42. The van der Waals surface area contributed by atoms with Gasteiger partial charge in [0.1, 0.15) is 0 Å². The molecule has 0 aliphatic carbocycles. The predicted octanol–water partition coefficient (Wildman–Crippen LogP) is 8.38. The van der Waals surface area contributed by atoms with E-state index in [2.05, 4.69) is 45.0 Å². The molecule has 0 N–H and O–H groups in total. The zero-order valence-corrected chi connectivity index (χ0v) is 17.7.